The van der Waals surface area contributed by atoms with Gasteiger partial charge in [0.15, 0.2) is 0 Å². The average molecular weight is 138 g/mol. The van der Waals surface area contributed by atoms with Crippen LogP contribution < -0.4 is 0 Å². The van der Waals surface area contributed by atoms with E-state index in [1.807, 2.05) is 0 Å². The molecule has 0 aromatic heterocycles. The lowest BCUT2D eigenvalue weighted by Gasteiger charge is -2.19. The Hall–Kier alpha value is -0.260. The maximum absolute atomic E-state index is 2.34. The van der Waals surface area contributed by atoms with E-state index in [4.69, 9.17) is 0 Å². The minimum atomic E-state index is 0.476. The molecule has 1 aliphatic rings. The molecule has 0 heterocycles. The molecule has 1 rings (SSSR count). The smallest absolute Gasteiger partial charge is 0.0139 e. The van der Waals surface area contributed by atoms with Crippen LogP contribution in [0.5, 0.6) is 0 Å². The van der Waals surface area contributed by atoms with Crippen LogP contribution in [-0.2, 0) is 0 Å². The van der Waals surface area contributed by atoms with Gasteiger partial charge in [0.05, 0.1) is 0 Å². The summed E-state index contributed by atoms with van der Waals surface area (Å²) >= 11 is 0. The molecule has 0 bridgehead atoms. The molecule has 0 N–H and O–H groups in total. The molecular formula is C10H18. The van der Waals surface area contributed by atoms with Crippen molar-refractivity contribution in [3.05, 3.63) is 11.1 Å². The lowest BCUT2D eigenvalue weighted by Crippen LogP contribution is -2.08. The first kappa shape index (κ1) is 7.84. The summed E-state index contributed by atoms with van der Waals surface area (Å²) in [4.78, 5) is 0. The molecule has 0 saturated heterocycles. The largest absolute Gasteiger partial charge is 0.0710 e. The zero-order valence-electron chi connectivity index (χ0n) is 7.78. The highest BCUT2D eigenvalue weighted by molar-refractivity contribution is 5.25. The number of hydrogen-bond donors (Lipinski definition) is 0. The third kappa shape index (κ3) is 1.00. The molecule has 0 saturated carbocycles. The highest BCUT2D eigenvalue weighted by Gasteiger charge is 2.31. The van der Waals surface area contributed by atoms with E-state index in [0.29, 0.717) is 5.41 Å². The van der Waals surface area contributed by atoms with Crippen molar-refractivity contribution in [2.24, 2.45) is 11.3 Å². The highest BCUT2D eigenvalue weighted by Crippen LogP contribution is 2.44. The fourth-order valence-electron chi connectivity index (χ4n) is 1.98. The lowest BCUT2D eigenvalue weighted by molar-refractivity contribution is 0.401. The van der Waals surface area contributed by atoms with Gasteiger partial charge in [-0.2, -0.15) is 0 Å². The Kier molecular flexibility index (Phi) is 1.66. The van der Waals surface area contributed by atoms with Crippen LogP contribution in [-0.4, -0.2) is 0 Å². The van der Waals surface area contributed by atoms with Gasteiger partial charge in [-0.15, -0.1) is 0 Å². The minimum absolute atomic E-state index is 0.476. The van der Waals surface area contributed by atoms with E-state index in [1.54, 1.807) is 11.1 Å². The van der Waals surface area contributed by atoms with Crippen LogP contribution in [0, 0.1) is 11.3 Å². The summed E-state index contributed by atoms with van der Waals surface area (Å²) in [5, 5.41) is 0. The summed E-state index contributed by atoms with van der Waals surface area (Å²) in [6.45, 7) is 11.6. The monoisotopic (exact) mass is 138 g/mol. The van der Waals surface area contributed by atoms with Crippen molar-refractivity contribution >= 4 is 0 Å². The predicted octanol–water partition coefficient (Wildman–Crippen LogP) is 3.39. The van der Waals surface area contributed by atoms with Gasteiger partial charge in [-0.3, -0.25) is 0 Å². The van der Waals surface area contributed by atoms with Gasteiger partial charge in [0.2, 0.25) is 0 Å². The summed E-state index contributed by atoms with van der Waals surface area (Å²) in [6, 6.07) is 0. The first-order valence-corrected chi connectivity index (χ1v) is 4.13. The molecule has 0 amide bonds. The summed E-state index contributed by atoms with van der Waals surface area (Å²) in [6.07, 6.45) is 1.34. The van der Waals surface area contributed by atoms with Crippen molar-refractivity contribution < 1.29 is 0 Å². The normalized spacial score (nSPS) is 31.5. The second-order valence-electron chi connectivity index (χ2n) is 4.30. The second-order valence-corrected chi connectivity index (χ2v) is 4.30. The third-order valence-electron chi connectivity index (χ3n) is 3.16. The van der Waals surface area contributed by atoms with Gasteiger partial charge >= 0.3 is 0 Å². The molecular weight excluding hydrogens is 120 g/mol. The summed E-state index contributed by atoms with van der Waals surface area (Å²) in [5.41, 5.74) is 3.70. The SMILES string of the molecule is CC1=C(C)C(C)(C)CC1C. The number of hydrogen-bond acceptors (Lipinski definition) is 0. The molecule has 1 unspecified atom stereocenters. The van der Waals surface area contributed by atoms with Crippen molar-refractivity contribution in [3.8, 4) is 0 Å². The molecule has 0 aromatic carbocycles. The standard InChI is InChI=1S/C10H18/c1-7-6-10(4,5)9(3)8(7)2/h7H,6H2,1-5H3. The molecule has 0 aliphatic heterocycles. The number of rotatable bonds is 0. The Labute approximate surface area is 64.3 Å². The van der Waals surface area contributed by atoms with E-state index >= 15 is 0 Å². The molecule has 0 heteroatoms. The van der Waals surface area contributed by atoms with Gasteiger partial charge in [0.25, 0.3) is 0 Å². The Morgan fingerprint density at radius 2 is 1.80 bits per heavy atom. The van der Waals surface area contributed by atoms with Crippen molar-refractivity contribution in [3.63, 3.8) is 0 Å². The van der Waals surface area contributed by atoms with Gasteiger partial charge in [0.1, 0.15) is 0 Å². The molecule has 0 radical (unpaired) electrons. The summed E-state index contributed by atoms with van der Waals surface area (Å²) in [5.74, 6) is 0.815. The maximum atomic E-state index is 2.34. The van der Waals surface area contributed by atoms with Crippen LogP contribution in [0.15, 0.2) is 11.1 Å². The van der Waals surface area contributed by atoms with Crippen LogP contribution in [0.2, 0.25) is 0 Å². The van der Waals surface area contributed by atoms with E-state index in [1.165, 1.54) is 6.42 Å². The first-order valence-electron chi connectivity index (χ1n) is 4.13. The molecule has 0 nitrogen and oxygen atoms in total. The minimum Gasteiger partial charge on any atom is -0.0710 e. The van der Waals surface area contributed by atoms with Crippen molar-refractivity contribution in [1.29, 1.82) is 0 Å². The molecule has 1 atom stereocenters. The zero-order chi connectivity index (χ0) is 7.94. The Morgan fingerprint density at radius 1 is 1.30 bits per heavy atom. The molecule has 10 heavy (non-hydrogen) atoms. The van der Waals surface area contributed by atoms with Crippen LogP contribution in [0.1, 0.15) is 41.0 Å². The van der Waals surface area contributed by atoms with Gasteiger partial charge in [-0.25, -0.2) is 0 Å². The van der Waals surface area contributed by atoms with E-state index in [0.717, 1.165) is 5.92 Å². The van der Waals surface area contributed by atoms with E-state index in [2.05, 4.69) is 34.6 Å². The summed E-state index contributed by atoms with van der Waals surface area (Å²) < 4.78 is 0. The quantitative estimate of drug-likeness (QED) is 0.450. The molecule has 0 spiro atoms. The van der Waals surface area contributed by atoms with Gasteiger partial charge in [-0.1, -0.05) is 31.9 Å². The maximum Gasteiger partial charge on any atom is -0.0139 e. The highest BCUT2D eigenvalue weighted by atomic mass is 14.4. The predicted molar refractivity (Wildman–Crippen MR) is 45.9 cm³/mol. The lowest BCUT2D eigenvalue weighted by atomic mass is 9.85. The average Bonchev–Trinajstić information content (AvgIpc) is 1.95. The summed E-state index contributed by atoms with van der Waals surface area (Å²) in [7, 11) is 0. The van der Waals surface area contributed by atoms with Crippen LogP contribution in [0.25, 0.3) is 0 Å². The second kappa shape index (κ2) is 2.11. The van der Waals surface area contributed by atoms with Crippen molar-refractivity contribution in [1.82, 2.24) is 0 Å². The zero-order valence-corrected chi connectivity index (χ0v) is 7.78. The fraction of sp³-hybridized carbons (Fsp3) is 0.800. The third-order valence-corrected chi connectivity index (χ3v) is 3.16. The van der Waals surface area contributed by atoms with E-state index in [9.17, 15) is 0 Å². The Bertz CT molecular complexity index is 172. The van der Waals surface area contributed by atoms with Crippen molar-refractivity contribution in [2.75, 3.05) is 0 Å². The van der Waals surface area contributed by atoms with Gasteiger partial charge < -0.3 is 0 Å². The Balaban J connectivity index is 2.95. The van der Waals surface area contributed by atoms with Crippen LogP contribution in [0.3, 0.4) is 0 Å². The first-order chi connectivity index (χ1) is 4.45. The van der Waals surface area contributed by atoms with Crippen LogP contribution >= 0.6 is 0 Å². The number of allylic oxidation sites excluding steroid dienone is 2. The fourth-order valence-corrected chi connectivity index (χ4v) is 1.98. The molecule has 0 aromatic rings. The topological polar surface area (TPSA) is 0 Å². The van der Waals surface area contributed by atoms with Gasteiger partial charge in [-0.05, 0) is 31.6 Å². The van der Waals surface area contributed by atoms with Crippen LogP contribution in [0.4, 0.5) is 0 Å². The Morgan fingerprint density at radius 3 is 1.90 bits per heavy atom. The van der Waals surface area contributed by atoms with Gasteiger partial charge in [0, 0.05) is 0 Å². The molecule has 0 fully saturated rings. The van der Waals surface area contributed by atoms with E-state index in [-0.39, 0.29) is 0 Å². The van der Waals surface area contributed by atoms with E-state index < -0.39 is 0 Å². The molecule has 58 valence electrons. The molecule has 1 aliphatic carbocycles. The van der Waals surface area contributed by atoms with Crippen molar-refractivity contribution in [2.45, 2.75) is 41.0 Å².